The predicted octanol–water partition coefficient (Wildman–Crippen LogP) is 6.44. The second-order valence-corrected chi connectivity index (χ2v) is 9.56. The molecular formula is C25H19I2NO3. The number of carbonyl (C=O) groups excluding carboxylic acids is 1. The van der Waals surface area contributed by atoms with Gasteiger partial charge in [0, 0.05) is 5.56 Å². The van der Waals surface area contributed by atoms with Gasteiger partial charge in [0.05, 0.1) is 7.14 Å². The number of esters is 1. The zero-order valence-corrected chi connectivity index (χ0v) is 21.3. The molecule has 1 aliphatic rings. The van der Waals surface area contributed by atoms with Crippen LogP contribution in [0.3, 0.4) is 0 Å². The molecule has 4 nitrogen and oxygen atoms in total. The number of aryl methyl sites for hydroxylation is 2. The van der Waals surface area contributed by atoms with Crippen LogP contribution in [-0.4, -0.2) is 11.9 Å². The molecule has 0 unspecified atom stereocenters. The minimum absolute atomic E-state index is 0.288. The van der Waals surface area contributed by atoms with Gasteiger partial charge in [0.1, 0.15) is 12.4 Å². The van der Waals surface area contributed by atoms with Crippen molar-refractivity contribution in [2.45, 2.75) is 20.5 Å². The van der Waals surface area contributed by atoms with Crippen LogP contribution in [0.4, 0.5) is 0 Å². The summed E-state index contributed by atoms with van der Waals surface area (Å²) in [4.78, 5) is 16.7. The summed E-state index contributed by atoms with van der Waals surface area (Å²) >= 11 is 4.52. The van der Waals surface area contributed by atoms with Crippen LogP contribution < -0.4 is 4.74 Å². The fraction of sp³-hybridized carbons (Fsp3) is 0.120. The van der Waals surface area contributed by atoms with E-state index in [1.54, 1.807) is 6.08 Å². The molecule has 3 aromatic carbocycles. The van der Waals surface area contributed by atoms with Crippen LogP contribution in [0.25, 0.3) is 6.08 Å². The first kappa shape index (κ1) is 22.0. The topological polar surface area (TPSA) is 47.9 Å². The lowest BCUT2D eigenvalue weighted by molar-refractivity contribution is -0.129. The Hall–Kier alpha value is -2.20. The van der Waals surface area contributed by atoms with Crippen molar-refractivity contribution in [3.05, 3.63) is 101 Å². The van der Waals surface area contributed by atoms with Gasteiger partial charge in [-0.2, -0.15) is 0 Å². The first-order valence-electron chi connectivity index (χ1n) is 9.66. The van der Waals surface area contributed by atoms with E-state index in [2.05, 4.69) is 69.2 Å². The third-order valence-corrected chi connectivity index (χ3v) is 6.48. The lowest BCUT2D eigenvalue weighted by Gasteiger charge is -2.13. The van der Waals surface area contributed by atoms with Crippen molar-refractivity contribution >= 4 is 63.1 Å². The molecular weight excluding hydrogens is 616 g/mol. The Balaban J connectivity index is 1.56. The molecule has 156 valence electrons. The molecule has 3 aromatic rings. The third-order valence-electron chi connectivity index (χ3n) is 4.88. The van der Waals surface area contributed by atoms with E-state index >= 15 is 0 Å². The lowest BCUT2D eigenvalue weighted by Crippen LogP contribution is -2.05. The standard InChI is InChI=1S/C25H19I2NO3/c1-15-7-9-18(10-8-15)24-28-22(25(29)31-24)13-17-11-20(26)23(21(27)12-17)30-14-19-6-4-3-5-16(19)2/h3-13H,14H2,1-2H3/b22-13-. The number of rotatable bonds is 5. The Kier molecular flexibility index (Phi) is 6.76. The molecule has 31 heavy (non-hydrogen) atoms. The second-order valence-electron chi connectivity index (χ2n) is 7.23. The molecule has 1 aliphatic heterocycles. The molecule has 0 atom stereocenters. The maximum absolute atomic E-state index is 12.3. The van der Waals surface area contributed by atoms with E-state index in [1.165, 1.54) is 5.56 Å². The third kappa shape index (κ3) is 5.17. The van der Waals surface area contributed by atoms with Gasteiger partial charge in [-0.05, 0) is 106 Å². The van der Waals surface area contributed by atoms with Crippen molar-refractivity contribution in [1.29, 1.82) is 0 Å². The van der Waals surface area contributed by atoms with Gasteiger partial charge >= 0.3 is 5.97 Å². The Labute approximate surface area is 208 Å². The van der Waals surface area contributed by atoms with Crippen molar-refractivity contribution < 1.29 is 14.3 Å². The van der Waals surface area contributed by atoms with E-state index in [9.17, 15) is 4.79 Å². The van der Waals surface area contributed by atoms with Crippen LogP contribution in [-0.2, 0) is 16.1 Å². The fourth-order valence-electron chi connectivity index (χ4n) is 3.11. The molecule has 0 aromatic heterocycles. The molecule has 0 saturated carbocycles. The summed E-state index contributed by atoms with van der Waals surface area (Å²) in [5.41, 5.74) is 5.45. The van der Waals surface area contributed by atoms with Gasteiger partial charge in [0.25, 0.3) is 0 Å². The summed E-state index contributed by atoms with van der Waals surface area (Å²) in [6, 6.07) is 19.9. The maximum atomic E-state index is 12.3. The molecule has 6 heteroatoms. The molecule has 0 radical (unpaired) electrons. The monoisotopic (exact) mass is 635 g/mol. The number of benzene rings is 3. The van der Waals surface area contributed by atoms with Crippen LogP contribution in [0.15, 0.2) is 71.4 Å². The van der Waals surface area contributed by atoms with Gasteiger partial charge < -0.3 is 9.47 Å². The normalized spacial score (nSPS) is 14.5. The molecule has 0 saturated heterocycles. The molecule has 0 N–H and O–H groups in total. The van der Waals surface area contributed by atoms with E-state index in [4.69, 9.17) is 9.47 Å². The Morgan fingerprint density at radius 1 is 1.00 bits per heavy atom. The number of ether oxygens (including phenoxy) is 2. The number of nitrogens with zero attached hydrogens (tertiary/aromatic N) is 1. The lowest BCUT2D eigenvalue weighted by atomic mass is 10.1. The average Bonchev–Trinajstić information content (AvgIpc) is 3.09. The van der Waals surface area contributed by atoms with Gasteiger partial charge in [0.2, 0.25) is 5.90 Å². The highest BCUT2D eigenvalue weighted by Crippen LogP contribution is 2.31. The summed E-state index contributed by atoms with van der Waals surface area (Å²) in [6.45, 7) is 4.60. The van der Waals surface area contributed by atoms with Crippen LogP contribution in [0, 0.1) is 21.0 Å². The summed E-state index contributed by atoms with van der Waals surface area (Å²) in [5, 5.41) is 0. The van der Waals surface area contributed by atoms with Crippen molar-refractivity contribution in [1.82, 2.24) is 0 Å². The van der Waals surface area contributed by atoms with Crippen LogP contribution in [0.1, 0.15) is 27.8 Å². The average molecular weight is 635 g/mol. The van der Waals surface area contributed by atoms with Gasteiger partial charge in [0.15, 0.2) is 5.70 Å². The molecule has 0 fully saturated rings. The minimum atomic E-state index is -0.444. The van der Waals surface area contributed by atoms with E-state index in [1.807, 2.05) is 55.5 Å². The van der Waals surface area contributed by atoms with Crippen LogP contribution >= 0.6 is 45.2 Å². The summed E-state index contributed by atoms with van der Waals surface area (Å²) < 4.78 is 13.4. The number of cyclic esters (lactones) is 1. The minimum Gasteiger partial charge on any atom is -0.487 e. The Bertz CT molecular complexity index is 1190. The fourth-order valence-corrected chi connectivity index (χ4v) is 5.24. The number of hydrogen-bond acceptors (Lipinski definition) is 4. The van der Waals surface area contributed by atoms with Crippen LogP contribution in [0.2, 0.25) is 0 Å². The molecule has 0 spiro atoms. The quantitative estimate of drug-likeness (QED) is 0.185. The second kappa shape index (κ2) is 9.52. The van der Waals surface area contributed by atoms with Crippen molar-refractivity contribution in [3.63, 3.8) is 0 Å². The number of halogens is 2. The van der Waals surface area contributed by atoms with Crippen molar-refractivity contribution in [2.75, 3.05) is 0 Å². The number of hydrogen-bond donors (Lipinski definition) is 0. The molecule has 1 heterocycles. The van der Waals surface area contributed by atoms with Crippen molar-refractivity contribution in [3.8, 4) is 5.75 Å². The van der Waals surface area contributed by atoms with Gasteiger partial charge in [-0.3, -0.25) is 0 Å². The highest BCUT2D eigenvalue weighted by Gasteiger charge is 2.24. The van der Waals surface area contributed by atoms with Gasteiger partial charge in [-0.25, -0.2) is 9.79 Å². The highest BCUT2D eigenvalue weighted by atomic mass is 127. The summed E-state index contributed by atoms with van der Waals surface area (Å²) in [7, 11) is 0. The smallest absolute Gasteiger partial charge is 0.363 e. The largest absolute Gasteiger partial charge is 0.487 e. The zero-order chi connectivity index (χ0) is 22.0. The van der Waals surface area contributed by atoms with E-state index in [0.29, 0.717) is 12.5 Å². The van der Waals surface area contributed by atoms with Crippen molar-refractivity contribution in [2.24, 2.45) is 4.99 Å². The van der Waals surface area contributed by atoms with Crippen LogP contribution in [0.5, 0.6) is 5.75 Å². The van der Waals surface area contributed by atoms with E-state index in [0.717, 1.165) is 35.1 Å². The first-order valence-corrected chi connectivity index (χ1v) is 11.8. The predicted molar refractivity (Wildman–Crippen MR) is 139 cm³/mol. The summed E-state index contributed by atoms with van der Waals surface area (Å²) in [6.07, 6.45) is 1.75. The molecule has 0 amide bonds. The number of carbonyl (C=O) groups is 1. The maximum Gasteiger partial charge on any atom is 0.363 e. The van der Waals surface area contributed by atoms with E-state index < -0.39 is 5.97 Å². The van der Waals surface area contributed by atoms with E-state index in [-0.39, 0.29) is 5.70 Å². The highest BCUT2D eigenvalue weighted by molar-refractivity contribution is 14.1. The summed E-state index contributed by atoms with van der Waals surface area (Å²) in [5.74, 6) is 0.726. The first-order chi connectivity index (χ1) is 14.9. The molecule has 0 aliphatic carbocycles. The Morgan fingerprint density at radius 2 is 1.68 bits per heavy atom. The number of aliphatic imine (C=N–C) groups is 1. The van der Waals surface area contributed by atoms with Gasteiger partial charge in [-0.15, -0.1) is 0 Å². The molecule has 0 bridgehead atoms. The Morgan fingerprint density at radius 3 is 2.35 bits per heavy atom. The van der Waals surface area contributed by atoms with Gasteiger partial charge in [-0.1, -0.05) is 42.0 Å². The zero-order valence-electron chi connectivity index (χ0n) is 17.0. The molecule has 4 rings (SSSR count). The SMILES string of the molecule is Cc1ccc(C2=N/C(=C\c3cc(I)c(OCc4ccccc4C)c(I)c3)C(=O)O2)cc1.